The minimum Gasteiger partial charge on any atom is -0.426 e. The lowest BCUT2D eigenvalue weighted by Gasteiger charge is -2.31. The second-order valence-electron chi connectivity index (χ2n) is 7.77. The summed E-state index contributed by atoms with van der Waals surface area (Å²) in [7, 11) is 0. The van der Waals surface area contributed by atoms with Gasteiger partial charge in [0.25, 0.3) is 0 Å². The molecule has 2 aliphatic rings. The van der Waals surface area contributed by atoms with Crippen LogP contribution in [0.3, 0.4) is 0 Å². The first-order valence-electron chi connectivity index (χ1n) is 10.1. The Kier molecular flexibility index (Phi) is 6.64. The summed E-state index contributed by atoms with van der Waals surface area (Å²) in [4.78, 5) is 24.7. The van der Waals surface area contributed by atoms with E-state index in [9.17, 15) is 9.59 Å². The summed E-state index contributed by atoms with van der Waals surface area (Å²) in [5.74, 6) is -1.29. The molecule has 3 atom stereocenters. The van der Waals surface area contributed by atoms with E-state index in [0.29, 0.717) is 22.0 Å². The molecular formula is C22H21Cl2N3O5. The molecule has 0 saturated carbocycles. The Labute approximate surface area is 194 Å². The predicted octanol–water partition coefficient (Wildman–Crippen LogP) is 4.28. The van der Waals surface area contributed by atoms with E-state index in [1.165, 1.54) is 0 Å². The van der Waals surface area contributed by atoms with E-state index < -0.39 is 30.5 Å². The average Bonchev–Trinajstić information content (AvgIpc) is 3.16. The number of nitrogens with zero attached hydrogens (tertiary/aromatic N) is 2. The standard InChI is InChI=1S/C22H21Cl2N3O5/c1-22(21(29)31-12-30-19(28)13-5-3-2-4-6-13)20(25-27-26-22)32-16-8-7-14-10-17(23)18(24)11-15(14)9-16/h2-6,10-11,16,20H,7-9,12H2,1H3,(H,25,26). The molecule has 32 heavy (non-hydrogen) atoms. The van der Waals surface area contributed by atoms with Crippen molar-refractivity contribution in [3.05, 3.63) is 69.2 Å². The molecule has 168 valence electrons. The molecule has 4 rings (SSSR count). The van der Waals surface area contributed by atoms with Crippen LogP contribution in [-0.4, -0.2) is 36.6 Å². The van der Waals surface area contributed by atoms with Crippen molar-refractivity contribution in [2.75, 3.05) is 6.79 Å². The molecule has 2 aromatic carbocycles. The van der Waals surface area contributed by atoms with Gasteiger partial charge < -0.3 is 14.2 Å². The van der Waals surface area contributed by atoms with Crippen molar-refractivity contribution in [1.82, 2.24) is 5.43 Å². The zero-order valence-corrected chi connectivity index (χ0v) is 18.7. The Morgan fingerprint density at radius 3 is 2.59 bits per heavy atom. The molecular weight excluding hydrogens is 457 g/mol. The molecule has 0 saturated heterocycles. The van der Waals surface area contributed by atoms with Crippen LogP contribution in [0.25, 0.3) is 0 Å². The number of benzene rings is 2. The molecule has 0 amide bonds. The molecule has 0 spiro atoms. The first kappa shape index (κ1) is 22.5. The van der Waals surface area contributed by atoms with Gasteiger partial charge in [-0.15, -0.1) is 5.11 Å². The minimum atomic E-state index is -1.35. The van der Waals surface area contributed by atoms with Crippen LogP contribution >= 0.6 is 23.2 Å². The molecule has 0 bridgehead atoms. The van der Waals surface area contributed by atoms with Gasteiger partial charge in [0.05, 0.1) is 21.7 Å². The van der Waals surface area contributed by atoms with Crippen molar-refractivity contribution in [3.63, 3.8) is 0 Å². The number of ether oxygens (including phenoxy) is 3. The third-order valence-corrected chi connectivity index (χ3v) is 6.22. The zero-order valence-electron chi connectivity index (χ0n) is 17.2. The minimum absolute atomic E-state index is 0.188. The van der Waals surface area contributed by atoms with Crippen molar-refractivity contribution in [1.29, 1.82) is 0 Å². The maximum Gasteiger partial charge on any atom is 0.340 e. The van der Waals surface area contributed by atoms with Gasteiger partial charge >= 0.3 is 11.9 Å². The lowest BCUT2D eigenvalue weighted by atomic mass is 9.89. The third kappa shape index (κ3) is 4.72. The van der Waals surface area contributed by atoms with E-state index in [1.54, 1.807) is 37.3 Å². The molecule has 0 fully saturated rings. The number of fused-ring (bicyclic) bond motifs is 1. The number of aryl methyl sites for hydroxylation is 1. The monoisotopic (exact) mass is 477 g/mol. The summed E-state index contributed by atoms with van der Waals surface area (Å²) in [5, 5.41) is 8.81. The third-order valence-electron chi connectivity index (χ3n) is 5.50. The highest BCUT2D eigenvalue weighted by Gasteiger charge is 2.49. The van der Waals surface area contributed by atoms with Gasteiger partial charge in [0.1, 0.15) is 0 Å². The first-order valence-corrected chi connectivity index (χ1v) is 10.8. The molecule has 3 unspecified atom stereocenters. The second kappa shape index (κ2) is 9.44. The molecule has 1 heterocycles. The van der Waals surface area contributed by atoms with Crippen molar-refractivity contribution in [2.45, 2.75) is 44.1 Å². The van der Waals surface area contributed by atoms with E-state index in [2.05, 4.69) is 15.8 Å². The summed E-state index contributed by atoms with van der Waals surface area (Å²) < 4.78 is 16.3. The smallest absolute Gasteiger partial charge is 0.340 e. The van der Waals surface area contributed by atoms with Crippen LogP contribution in [0, 0.1) is 0 Å². The van der Waals surface area contributed by atoms with Gasteiger partial charge in [-0.2, -0.15) is 0 Å². The Morgan fingerprint density at radius 2 is 1.84 bits per heavy atom. The highest BCUT2D eigenvalue weighted by atomic mass is 35.5. The van der Waals surface area contributed by atoms with Gasteiger partial charge in [-0.05, 0) is 61.6 Å². The number of halogens is 2. The Hall–Kier alpha value is -2.68. The lowest BCUT2D eigenvalue weighted by Crippen LogP contribution is -2.55. The summed E-state index contributed by atoms with van der Waals surface area (Å²) in [6.07, 6.45) is 1.03. The number of rotatable bonds is 6. The number of carbonyl (C=O) groups excluding carboxylic acids is 2. The van der Waals surface area contributed by atoms with Gasteiger partial charge in [0.2, 0.25) is 13.0 Å². The van der Waals surface area contributed by atoms with Gasteiger partial charge in [0, 0.05) is 0 Å². The van der Waals surface area contributed by atoms with E-state index in [1.807, 2.05) is 12.1 Å². The highest BCUT2D eigenvalue weighted by molar-refractivity contribution is 6.42. The van der Waals surface area contributed by atoms with Gasteiger partial charge in [-0.1, -0.05) is 46.6 Å². The van der Waals surface area contributed by atoms with Crippen LogP contribution in [0.15, 0.2) is 52.8 Å². The molecule has 1 aliphatic heterocycles. The molecule has 2 aromatic rings. The van der Waals surface area contributed by atoms with Gasteiger partial charge in [0.15, 0.2) is 5.54 Å². The highest BCUT2D eigenvalue weighted by Crippen LogP contribution is 2.33. The number of hydrogen-bond donors (Lipinski definition) is 1. The van der Waals surface area contributed by atoms with Crippen molar-refractivity contribution in [3.8, 4) is 0 Å². The quantitative estimate of drug-likeness (QED) is 0.492. The molecule has 8 nitrogen and oxygen atoms in total. The maximum absolute atomic E-state index is 12.7. The maximum atomic E-state index is 12.7. The van der Waals surface area contributed by atoms with E-state index in [4.69, 9.17) is 37.4 Å². The Bertz CT molecular complexity index is 1050. The van der Waals surface area contributed by atoms with Crippen molar-refractivity contribution < 1.29 is 23.8 Å². The Balaban J connectivity index is 1.33. The second-order valence-corrected chi connectivity index (χ2v) is 8.58. The van der Waals surface area contributed by atoms with Crippen LogP contribution in [0.5, 0.6) is 0 Å². The topological polar surface area (TPSA) is 98.6 Å². The van der Waals surface area contributed by atoms with E-state index in [0.717, 1.165) is 24.0 Å². The summed E-state index contributed by atoms with van der Waals surface area (Å²) >= 11 is 12.3. The number of nitrogens with one attached hydrogen (secondary N) is 1. The zero-order chi connectivity index (χ0) is 22.7. The average molecular weight is 478 g/mol. The molecule has 0 radical (unpaired) electrons. The SMILES string of the molecule is CC1(C(=O)OCOC(=O)c2ccccc2)NN=NC1OC1CCc2cc(Cl)c(Cl)cc2C1. The van der Waals surface area contributed by atoms with Crippen LogP contribution < -0.4 is 5.43 Å². The fourth-order valence-electron chi connectivity index (χ4n) is 3.62. The van der Waals surface area contributed by atoms with Gasteiger partial charge in [-0.3, -0.25) is 5.43 Å². The predicted molar refractivity (Wildman–Crippen MR) is 116 cm³/mol. The Morgan fingerprint density at radius 1 is 1.12 bits per heavy atom. The van der Waals surface area contributed by atoms with E-state index in [-0.39, 0.29) is 6.10 Å². The normalized spacial score (nSPS) is 23.8. The van der Waals surface area contributed by atoms with Crippen LogP contribution in [-0.2, 0) is 31.8 Å². The van der Waals surface area contributed by atoms with Crippen LogP contribution in [0.1, 0.15) is 34.8 Å². The molecule has 1 N–H and O–H groups in total. The van der Waals surface area contributed by atoms with Crippen LogP contribution in [0.4, 0.5) is 0 Å². The molecule has 1 aliphatic carbocycles. The fourth-order valence-corrected chi connectivity index (χ4v) is 4.00. The summed E-state index contributed by atoms with van der Waals surface area (Å²) in [6.45, 7) is 1.04. The number of hydrogen-bond acceptors (Lipinski definition) is 8. The summed E-state index contributed by atoms with van der Waals surface area (Å²) in [5.41, 5.74) is 3.85. The lowest BCUT2D eigenvalue weighted by molar-refractivity contribution is -0.166. The fraction of sp³-hybridized carbons (Fsp3) is 0.364. The summed E-state index contributed by atoms with van der Waals surface area (Å²) in [6, 6.07) is 12.1. The first-order chi connectivity index (χ1) is 15.4. The largest absolute Gasteiger partial charge is 0.426 e. The van der Waals surface area contributed by atoms with Gasteiger partial charge in [-0.25, -0.2) is 9.59 Å². The number of esters is 2. The van der Waals surface area contributed by atoms with Crippen LogP contribution in [0.2, 0.25) is 10.0 Å². The van der Waals surface area contributed by atoms with E-state index >= 15 is 0 Å². The number of carbonyl (C=O) groups is 2. The molecule has 10 heteroatoms. The van der Waals surface area contributed by atoms with Crippen molar-refractivity contribution in [2.24, 2.45) is 10.3 Å². The molecule has 0 aromatic heterocycles. The van der Waals surface area contributed by atoms with Crippen molar-refractivity contribution >= 4 is 35.1 Å².